The fourth-order valence-corrected chi connectivity index (χ4v) is 3.99. The maximum absolute atomic E-state index is 14.3. The van der Waals surface area contributed by atoms with Crippen LogP contribution in [0, 0.1) is 5.82 Å². The largest absolute Gasteiger partial charge is 0.325 e. The number of rotatable bonds is 3. The minimum absolute atomic E-state index is 0.0873. The molecule has 1 aliphatic rings. The van der Waals surface area contributed by atoms with Gasteiger partial charge >= 0.3 is 0 Å². The molecule has 2 aromatic heterocycles. The Kier molecular flexibility index (Phi) is 4.00. The summed E-state index contributed by atoms with van der Waals surface area (Å²) in [4.78, 5) is 26.6. The number of nitrogens with zero attached hydrogens (tertiary/aromatic N) is 4. The summed E-state index contributed by atoms with van der Waals surface area (Å²) in [5, 5.41) is 11.9. The van der Waals surface area contributed by atoms with E-state index in [9.17, 15) is 14.0 Å². The van der Waals surface area contributed by atoms with E-state index in [0.29, 0.717) is 33.4 Å². The minimum Gasteiger partial charge on any atom is -0.325 e. The smallest absolute Gasteiger partial charge is 0.272 e. The molecule has 2 aromatic carbocycles. The molecule has 0 saturated carbocycles. The van der Waals surface area contributed by atoms with Crippen LogP contribution in [0.4, 0.5) is 10.2 Å². The number of carbonyl (C=O) groups excluding carboxylic acids is 1. The van der Waals surface area contributed by atoms with Crippen molar-refractivity contribution in [1.82, 2.24) is 20.0 Å². The lowest BCUT2D eigenvalue weighted by molar-refractivity contribution is 0.0991. The summed E-state index contributed by atoms with van der Waals surface area (Å²) in [6.45, 7) is 0.414. The third kappa shape index (κ3) is 2.56. The number of anilines is 1. The van der Waals surface area contributed by atoms with Gasteiger partial charge in [-0.05, 0) is 29.3 Å². The van der Waals surface area contributed by atoms with Gasteiger partial charge in [-0.1, -0.05) is 18.2 Å². The molecule has 0 fully saturated rings. The Balaban J connectivity index is 1.67. The first kappa shape index (κ1) is 18.2. The average Bonchev–Trinajstić information content (AvgIpc) is 3.28. The highest BCUT2D eigenvalue weighted by molar-refractivity contribution is 6.11. The number of hydrogen-bond acceptors (Lipinski definition) is 5. The molecule has 3 heterocycles. The van der Waals surface area contributed by atoms with E-state index < -0.39 is 11.7 Å². The lowest BCUT2D eigenvalue weighted by Crippen LogP contribution is -2.26. The third-order valence-electron chi connectivity index (χ3n) is 5.42. The molecular weight excluding hydrogens is 387 g/mol. The standard InChI is InChI=1S/C21H17FN6O2/c1-27-20(28-10-12-3-2-4-16(22)18(12)21(28)30)15(9-24-27)11-5-6-13-14(7-11)17(8-23)25-26-19(13)29/h2-7,9H,8,10,23H2,1H3,(H,26,29). The third-order valence-corrected chi connectivity index (χ3v) is 5.42. The zero-order chi connectivity index (χ0) is 21.0. The summed E-state index contributed by atoms with van der Waals surface area (Å²) < 4.78 is 15.8. The van der Waals surface area contributed by atoms with Crippen molar-refractivity contribution in [3.8, 4) is 11.1 Å². The van der Waals surface area contributed by atoms with Crippen LogP contribution in [0.2, 0.25) is 0 Å². The Hall–Kier alpha value is -3.85. The molecule has 1 aliphatic heterocycles. The second-order valence-corrected chi connectivity index (χ2v) is 7.13. The van der Waals surface area contributed by atoms with Crippen LogP contribution in [0.1, 0.15) is 21.6 Å². The fourth-order valence-electron chi connectivity index (χ4n) is 3.99. The van der Waals surface area contributed by atoms with Crippen molar-refractivity contribution in [2.75, 3.05) is 4.90 Å². The van der Waals surface area contributed by atoms with Crippen molar-refractivity contribution in [3.63, 3.8) is 0 Å². The van der Waals surface area contributed by atoms with Crippen molar-refractivity contribution in [3.05, 3.63) is 75.6 Å². The van der Waals surface area contributed by atoms with Crippen LogP contribution in [0.3, 0.4) is 0 Å². The molecule has 0 unspecified atom stereocenters. The van der Waals surface area contributed by atoms with Crippen molar-refractivity contribution < 1.29 is 9.18 Å². The first-order chi connectivity index (χ1) is 14.5. The van der Waals surface area contributed by atoms with E-state index in [1.54, 1.807) is 42.2 Å². The van der Waals surface area contributed by atoms with Crippen LogP contribution in [0.25, 0.3) is 21.9 Å². The number of amides is 1. The van der Waals surface area contributed by atoms with Crippen LogP contribution < -0.4 is 16.2 Å². The number of nitrogens with two attached hydrogens (primary N) is 1. The van der Waals surface area contributed by atoms with Crippen LogP contribution in [-0.4, -0.2) is 25.9 Å². The monoisotopic (exact) mass is 404 g/mol. The minimum atomic E-state index is -0.535. The second kappa shape index (κ2) is 6.60. The van der Waals surface area contributed by atoms with E-state index in [-0.39, 0.29) is 24.2 Å². The molecule has 0 aliphatic carbocycles. The average molecular weight is 404 g/mol. The Morgan fingerprint density at radius 3 is 2.80 bits per heavy atom. The number of halogens is 1. The van der Waals surface area contributed by atoms with E-state index in [0.717, 1.165) is 5.56 Å². The molecule has 0 bridgehead atoms. The van der Waals surface area contributed by atoms with Gasteiger partial charge in [0.2, 0.25) is 0 Å². The number of carbonyl (C=O) groups is 1. The summed E-state index contributed by atoms with van der Waals surface area (Å²) in [6, 6.07) is 9.92. The Bertz CT molecular complexity index is 1390. The van der Waals surface area contributed by atoms with E-state index in [4.69, 9.17) is 5.73 Å². The predicted octanol–water partition coefficient (Wildman–Crippen LogP) is 2.08. The molecule has 30 heavy (non-hydrogen) atoms. The first-order valence-electron chi connectivity index (χ1n) is 9.32. The highest BCUT2D eigenvalue weighted by Gasteiger charge is 2.34. The molecule has 0 atom stereocenters. The Morgan fingerprint density at radius 2 is 2.03 bits per heavy atom. The number of aromatic nitrogens is 4. The van der Waals surface area contributed by atoms with E-state index in [1.165, 1.54) is 11.0 Å². The molecule has 0 spiro atoms. The predicted molar refractivity (Wildman–Crippen MR) is 109 cm³/mol. The first-order valence-corrected chi connectivity index (χ1v) is 9.32. The van der Waals surface area contributed by atoms with Gasteiger partial charge in [-0.3, -0.25) is 19.2 Å². The zero-order valence-corrected chi connectivity index (χ0v) is 16.0. The highest BCUT2D eigenvalue weighted by Crippen LogP contribution is 2.37. The molecule has 5 rings (SSSR count). The van der Waals surface area contributed by atoms with Crippen LogP contribution in [-0.2, 0) is 20.1 Å². The van der Waals surface area contributed by atoms with Crippen LogP contribution >= 0.6 is 0 Å². The number of fused-ring (bicyclic) bond motifs is 2. The molecule has 1 amide bonds. The number of benzene rings is 2. The summed E-state index contributed by atoms with van der Waals surface area (Å²) >= 11 is 0. The summed E-state index contributed by atoms with van der Waals surface area (Å²) in [5.41, 5.74) is 8.18. The molecule has 150 valence electrons. The van der Waals surface area contributed by atoms with Gasteiger partial charge in [0.25, 0.3) is 11.5 Å². The number of aromatic amines is 1. The zero-order valence-electron chi connectivity index (χ0n) is 16.0. The van der Waals surface area contributed by atoms with Crippen LogP contribution in [0.5, 0.6) is 0 Å². The maximum Gasteiger partial charge on any atom is 0.272 e. The normalized spacial score (nSPS) is 13.3. The maximum atomic E-state index is 14.3. The van der Waals surface area contributed by atoms with Crippen molar-refractivity contribution >= 4 is 22.5 Å². The van der Waals surface area contributed by atoms with Gasteiger partial charge in [0.05, 0.1) is 29.4 Å². The molecule has 8 nitrogen and oxygen atoms in total. The number of hydrogen-bond donors (Lipinski definition) is 2. The number of nitrogens with one attached hydrogen (secondary N) is 1. The lowest BCUT2D eigenvalue weighted by atomic mass is 10.0. The Morgan fingerprint density at radius 1 is 1.20 bits per heavy atom. The number of aryl methyl sites for hydroxylation is 1. The van der Waals surface area contributed by atoms with Crippen LogP contribution in [0.15, 0.2) is 47.4 Å². The summed E-state index contributed by atoms with van der Waals surface area (Å²) in [7, 11) is 1.73. The van der Waals surface area contributed by atoms with E-state index >= 15 is 0 Å². The second-order valence-electron chi connectivity index (χ2n) is 7.13. The lowest BCUT2D eigenvalue weighted by Gasteiger charge is -2.18. The molecule has 4 aromatic rings. The quantitative estimate of drug-likeness (QED) is 0.543. The van der Waals surface area contributed by atoms with Gasteiger partial charge in [0, 0.05) is 24.5 Å². The van der Waals surface area contributed by atoms with E-state index in [1.807, 2.05) is 6.07 Å². The molecule has 0 saturated heterocycles. The Labute approximate surface area is 169 Å². The number of H-pyrrole nitrogens is 1. The van der Waals surface area contributed by atoms with Crippen molar-refractivity contribution in [2.45, 2.75) is 13.1 Å². The SMILES string of the molecule is Cn1ncc(-c2ccc3c(=O)[nH]nc(CN)c3c2)c1N1Cc2cccc(F)c2C1=O. The molecular formula is C21H17FN6O2. The van der Waals surface area contributed by atoms with Gasteiger partial charge in [-0.2, -0.15) is 10.2 Å². The van der Waals surface area contributed by atoms with Crippen molar-refractivity contribution in [2.24, 2.45) is 12.8 Å². The molecule has 9 heteroatoms. The summed E-state index contributed by atoms with van der Waals surface area (Å²) in [6.07, 6.45) is 1.64. The molecule has 0 radical (unpaired) electrons. The van der Waals surface area contributed by atoms with Gasteiger partial charge in [0.1, 0.15) is 11.6 Å². The van der Waals surface area contributed by atoms with Gasteiger partial charge in [-0.15, -0.1) is 0 Å². The van der Waals surface area contributed by atoms with Crippen molar-refractivity contribution in [1.29, 1.82) is 0 Å². The van der Waals surface area contributed by atoms with Gasteiger partial charge < -0.3 is 5.73 Å². The van der Waals surface area contributed by atoms with E-state index in [2.05, 4.69) is 15.3 Å². The van der Waals surface area contributed by atoms with Gasteiger partial charge in [0.15, 0.2) is 0 Å². The molecule has 3 N–H and O–H groups in total. The summed E-state index contributed by atoms with van der Waals surface area (Å²) in [5.74, 6) is -0.399. The van der Waals surface area contributed by atoms with Gasteiger partial charge in [-0.25, -0.2) is 9.49 Å². The highest BCUT2D eigenvalue weighted by atomic mass is 19.1. The topological polar surface area (TPSA) is 110 Å². The fraction of sp³-hybridized carbons (Fsp3) is 0.143.